The summed E-state index contributed by atoms with van der Waals surface area (Å²) in [7, 11) is 1.45. The summed E-state index contributed by atoms with van der Waals surface area (Å²) in [6.45, 7) is 0. The zero-order chi connectivity index (χ0) is 8.27. The third-order valence-electron chi connectivity index (χ3n) is 1.26. The lowest BCUT2D eigenvalue weighted by molar-refractivity contribution is 0.0959. The molecule has 0 aliphatic carbocycles. The monoisotopic (exact) mass is 152 g/mol. The molecule has 1 N–H and O–H groups in total. The molecule has 1 amide bonds. The van der Waals surface area contributed by atoms with E-state index in [4.69, 9.17) is 0 Å². The van der Waals surface area contributed by atoms with E-state index in [0.717, 1.165) is 0 Å². The third kappa shape index (κ3) is 1.55. The van der Waals surface area contributed by atoms with E-state index in [1.54, 1.807) is 0 Å². The van der Waals surface area contributed by atoms with Gasteiger partial charge in [0.2, 0.25) is 0 Å². The predicted octanol–water partition coefficient (Wildman–Crippen LogP) is 0.985. The Labute approximate surface area is 64.0 Å². The molecular weight excluding hydrogens is 145 g/mol. The maximum Gasteiger partial charge on any atom is 0.254 e. The van der Waals surface area contributed by atoms with Crippen LogP contribution in [0.5, 0.6) is 0 Å². The first-order valence-corrected chi connectivity index (χ1v) is 3.14. The minimum absolute atomic E-state index is 0.0463. The Bertz CT molecular complexity index is 273. The molecule has 0 spiro atoms. The van der Waals surface area contributed by atoms with Crippen LogP contribution in [-0.4, -0.2) is 13.0 Å². The highest BCUT2D eigenvalue weighted by atomic mass is 19.1. The van der Waals surface area contributed by atoms with Crippen LogP contribution in [0.1, 0.15) is 10.4 Å². The highest BCUT2D eigenvalue weighted by Crippen LogP contribution is 2.04. The Morgan fingerprint density at radius 3 is 3.00 bits per heavy atom. The van der Waals surface area contributed by atoms with Crippen molar-refractivity contribution >= 4 is 5.91 Å². The quantitative estimate of drug-likeness (QED) is 0.638. The molecular formula is C8H7FNO. The molecule has 0 aliphatic heterocycles. The lowest BCUT2D eigenvalue weighted by Crippen LogP contribution is -2.19. The third-order valence-corrected chi connectivity index (χ3v) is 1.26. The molecule has 0 heterocycles. The molecule has 0 saturated carbocycles. The van der Waals surface area contributed by atoms with E-state index in [2.05, 4.69) is 11.4 Å². The van der Waals surface area contributed by atoms with Gasteiger partial charge in [-0.2, -0.15) is 0 Å². The van der Waals surface area contributed by atoms with Crippen molar-refractivity contribution in [2.45, 2.75) is 0 Å². The molecule has 0 bridgehead atoms. The molecule has 0 unspecified atom stereocenters. The van der Waals surface area contributed by atoms with Crippen LogP contribution >= 0.6 is 0 Å². The fraction of sp³-hybridized carbons (Fsp3) is 0.125. The lowest BCUT2D eigenvalue weighted by atomic mass is 10.2. The van der Waals surface area contributed by atoms with E-state index in [9.17, 15) is 9.18 Å². The van der Waals surface area contributed by atoms with Crippen molar-refractivity contribution in [2.24, 2.45) is 0 Å². The minimum Gasteiger partial charge on any atom is -0.355 e. The van der Waals surface area contributed by atoms with Crippen LogP contribution in [0.2, 0.25) is 0 Å². The van der Waals surface area contributed by atoms with E-state index < -0.39 is 11.7 Å². The summed E-state index contributed by atoms with van der Waals surface area (Å²) in [5.41, 5.74) is -0.0463. The summed E-state index contributed by atoms with van der Waals surface area (Å²) in [6.07, 6.45) is 0. The van der Waals surface area contributed by atoms with Crippen molar-refractivity contribution in [3.8, 4) is 0 Å². The van der Waals surface area contributed by atoms with Gasteiger partial charge in [-0.1, -0.05) is 12.1 Å². The second-order valence-electron chi connectivity index (χ2n) is 1.97. The number of benzene rings is 1. The van der Waals surface area contributed by atoms with Crippen LogP contribution in [0, 0.1) is 11.9 Å². The van der Waals surface area contributed by atoms with Gasteiger partial charge in [-0.05, 0) is 12.1 Å². The molecule has 0 atom stereocenters. The van der Waals surface area contributed by atoms with Gasteiger partial charge >= 0.3 is 0 Å². The highest BCUT2D eigenvalue weighted by Gasteiger charge is 2.07. The average Bonchev–Trinajstić information content (AvgIpc) is 2.04. The fourth-order valence-electron chi connectivity index (χ4n) is 0.715. The van der Waals surface area contributed by atoms with Gasteiger partial charge in [0.25, 0.3) is 5.91 Å². The molecule has 0 aromatic heterocycles. The van der Waals surface area contributed by atoms with Crippen LogP contribution in [0.15, 0.2) is 18.2 Å². The molecule has 57 valence electrons. The predicted molar refractivity (Wildman–Crippen MR) is 38.6 cm³/mol. The van der Waals surface area contributed by atoms with Crippen molar-refractivity contribution in [1.82, 2.24) is 5.32 Å². The van der Waals surface area contributed by atoms with E-state index in [1.807, 2.05) is 0 Å². The SMILES string of the molecule is CNC(=O)c1[c]cccc1F. The largest absolute Gasteiger partial charge is 0.355 e. The number of carbonyl (C=O) groups is 1. The van der Waals surface area contributed by atoms with Gasteiger partial charge in [-0.15, -0.1) is 0 Å². The number of halogens is 1. The van der Waals surface area contributed by atoms with Crippen LogP contribution in [0.3, 0.4) is 0 Å². The number of rotatable bonds is 1. The standard InChI is InChI=1S/C8H7FNO/c1-10-8(11)6-4-2-3-5-7(6)9/h2-3,5H,1H3,(H,10,11). The second-order valence-corrected chi connectivity index (χ2v) is 1.97. The van der Waals surface area contributed by atoms with Gasteiger partial charge in [0.1, 0.15) is 5.82 Å². The summed E-state index contributed by atoms with van der Waals surface area (Å²) >= 11 is 0. The van der Waals surface area contributed by atoms with Gasteiger partial charge in [-0.3, -0.25) is 4.79 Å². The molecule has 1 radical (unpaired) electrons. The second kappa shape index (κ2) is 3.14. The maximum absolute atomic E-state index is 12.7. The van der Waals surface area contributed by atoms with Crippen molar-refractivity contribution < 1.29 is 9.18 Å². The molecule has 0 saturated heterocycles. The number of hydrogen-bond donors (Lipinski definition) is 1. The Morgan fingerprint density at radius 1 is 1.73 bits per heavy atom. The molecule has 1 aromatic carbocycles. The summed E-state index contributed by atoms with van der Waals surface area (Å²) in [4.78, 5) is 10.9. The first-order chi connectivity index (χ1) is 5.25. The van der Waals surface area contributed by atoms with E-state index in [-0.39, 0.29) is 5.56 Å². The Morgan fingerprint density at radius 2 is 2.45 bits per heavy atom. The number of amides is 1. The first kappa shape index (κ1) is 7.72. The van der Waals surface area contributed by atoms with Crippen molar-refractivity contribution in [3.05, 3.63) is 35.6 Å². The summed E-state index contributed by atoms with van der Waals surface area (Å²) in [5.74, 6) is -1.00. The number of carbonyl (C=O) groups excluding carboxylic acids is 1. The molecule has 1 aromatic rings. The average molecular weight is 152 g/mol. The summed E-state index contributed by atoms with van der Waals surface area (Å²) in [5, 5.41) is 2.31. The molecule has 1 rings (SSSR count). The molecule has 3 heteroatoms. The fourth-order valence-corrected chi connectivity index (χ4v) is 0.715. The van der Waals surface area contributed by atoms with Crippen molar-refractivity contribution in [3.63, 3.8) is 0 Å². The molecule has 11 heavy (non-hydrogen) atoms. The van der Waals surface area contributed by atoms with E-state index in [0.29, 0.717) is 0 Å². The zero-order valence-electron chi connectivity index (χ0n) is 6.02. The molecule has 0 aliphatic rings. The maximum atomic E-state index is 12.7. The Balaban J connectivity index is 3.03. The smallest absolute Gasteiger partial charge is 0.254 e. The van der Waals surface area contributed by atoms with Gasteiger partial charge in [0.05, 0.1) is 5.56 Å². The summed E-state index contributed by atoms with van der Waals surface area (Å²) in [6, 6.07) is 6.71. The molecule has 2 nitrogen and oxygen atoms in total. The van der Waals surface area contributed by atoms with Crippen LogP contribution in [-0.2, 0) is 0 Å². The van der Waals surface area contributed by atoms with Crippen molar-refractivity contribution in [2.75, 3.05) is 7.05 Å². The molecule has 0 fully saturated rings. The Kier molecular flexibility index (Phi) is 2.21. The highest BCUT2D eigenvalue weighted by molar-refractivity contribution is 5.93. The minimum atomic E-state index is -0.549. The topological polar surface area (TPSA) is 29.1 Å². The van der Waals surface area contributed by atoms with E-state index >= 15 is 0 Å². The van der Waals surface area contributed by atoms with Crippen LogP contribution in [0.25, 0.3) is 0 Å². The van der Waals surface area contributed by atoms with Gasteiger partial charge in [0, 0.05) is 7.05 Å². The zero-order valence-corrected chi connectivity index (χ0v) is 6.02. The Hall–Kier alpha value is -1.38. The van der Waals surface area contributed by atoms with Gasteiger partial charge in [-0.25, -0.2) is 4.39 Å². The normalized spacial score (nSPS) is 9.27. The van der Waals surface area contributed by atoms with Crippen LogP contribution in [0.4, 0.5) is 4.39 Å². The first-order valence-electron chi connectivity index (χ1n) is 3.14. The summed E-state index contributed by atoms with van der Waals surface area (Å²) < 4.78 is 12.7. The van der Waals surface area contributed by atoms with Crippen molar-refractivity contribution in [1.29, 1.82) is 0 Å². The number of hydrogen-bond acceptors (Lipinski definition) is 1. The van der Waals surface area contributed by atoms with Gasteiger partial charge in [0.15, 0.2) is 0 Å². The lowest BCUT2D eigenvalue weighted by Gasteiger charge is -1.98. The number of nitrogens with one attached hydrogen (secondary N) is 1. The van der Waals surface area contributed by atoms with Gasteiger partial charge < -0.3 is 5.32 Å². The van der Waals surface area contributed by atoms with E-state index in [1.165, 1.54) is 25.2 Å². The van der Waals surface area contributed by atoms with Crippen LogP contribution < -0.4 is 5.32 Å².